The third-order valence-corrected chi connectivity index (χ3v) is 1.30. The van der Waals surface area contributed by atoms with E-state index in [1.165, 1.54) is 0 Å². The van der Waals surface area contributed by atoms with E-state index < -0.39 is 0 Å². The molecule has 3 N–H and O–H groups in total. The molecule has 0 aliphatic carbocycles. The molecular weight excluding hydrogens is 116 g/mol. The number of aliphatic hydroxyl groups excluding tert-OH is 1. The number of rotatable bonds is 2. The highest BCUT2D eigenvalue weighted by molar-refractivity contribution is 5.92. The van der Waals surface area contributed by atoms with E-state index in [1.807, 2.05) is 6.08 Å². The smallest absolute Gasteiger partial charge is 0.0668 e. The predicted octanol–water partition coefficient (Wildman–Crippen LogP) is -0.336. The van der Waals surface area contributed by atoms with E-state index in [0.29, 0.717) is 0 Å². The van der Waals surface area contributed by atoms with Crippen LogP contribution in [0.3, 0.4) is 0 Å². The minimum absolute atomic E-state index is 0.0134. The number of nitrogens with two attached hydrogens (primary N) is 1. The zero-order valence-electron chi connectivity index (χ0n) is 5.12. The standard InChI is InChI=1S/C6H10N2O/c7-5(4-9)6-2-1-3-8-6/h1,3,5,9H,2,4,7H2. The third kappa shape index (κ3) is 1.37. The van der Waals surface area contributed by atoms with Crippen LogP contribution < -0.4 is 5.73 Å². The topological polar surface area (TPSA) is 58.6 Å². The Labute approximate surface area is 53.9 Å². The summed E-state index contributed by atoms with van der Waals surface area (Å²) in [6.45, 7) is -0.0134. The summed E-state index contributed by atoms with van der Waals surface area (Å²) >= 11 is 0. The molecule has 0 amide bonds. The minimum Gasteiger partial charge on any atom is -0.394 e. The van der Waals surface area contributed by atoms with E-state index in [9.17, 15) is 0 Å². The van der Waals surface area contributed by atoms with Crippen LogP contribution in [0.4, 0.5) is 0 Å². The van der Waals surface area contributed by atoms with E-state index >= 15 is 0 Å². The first-order valence-corrected chi connectivity index (χ1v) is 2.92. The van der Waals surface area contributed by atoms with Gasteiger partial charge >= 0.3 is 0 Å². The van der Waals surface area contributed by atoms with Gasteiger partial charge in [-0.15, -0.1) is 0 Å². The van der Waals surface area contributed by atoms with Gasteiger partial charge in [0.2, 0.25) is 0 Å². The number of aliphatic imine (C=N–C) groups is 1. The van der Waals surface area contributed by atoms with Gasteiger partial charge in [-0.3, -0.25) is 4.99 Å². The lowest BCUT2D eigenvalue weighted by Gasteiger charge is -2.05. The molecule has 3 nitrogen and oxygen atoms in total. The molecule has 3 heteroatoms. The fraction of sp³-hybridized carbons (Fsp3) is 0.500. The predicted molar refractivity (Wildman–Crippen MR) is 36.3 cm³/mol. The summed E-state index contributed by atoms with van der Waals surface area (Å²) in [5, 5.41) is 8.56. The van der Waals surface area contributed by atoms with Gasteiger partial charge in [-0.1, -0.05) is 6.08 Å². The van der Waals surface area contributed by atoms with Crippen LogP contribution in [0.25, 0.3) is 0 Å². The van der Waals surface area contributed by atoms with E-state index in [0.717, 1.165) is 12.1 Å². The first-order valence-electron chi connectivity index (χ1n) is 2.92. The maximum atomic E-state index is 8.56. The van der Waals surface area contributed by atoms with Crippen LogP contribution in [0.5, 0.6) is 0 Å². The molecule has 0 aromatic carbocycles. The average Bonchev–Trinajstić information content (AvgIpc) is 2.37. The second-order valence-electron chi connectivity index (χ2n) is 2.00. The third-order valence-electron chi connectivity index (χ3n) is 1.30. The first kappa shape index (κ1) is 6.45. The molecule has 1 unspecified atom stereocenters. The summed E-state index contributed by atoms with van der Waals surface area (Å²) in [7, 11) is 0. The molecule has 9 heavy (non-hydrogen) atoms. The molecule has 1 atom stereocenters. The Morgan fingerprint density at radius 3 is 3.11 bits per heavy atom. The molecule has 0 aromatic heterocycles. The van der Waals surface area contributed by atoms with Crippen molar-refractivity contribution >= 4 is 5.71 Å². The van der Waals surface area contributed by atoms with Crippen molar-refractivity contribution in [2.24, 2.45) is 10.7 Å². The summed E-state index contributed by atoms with van der Waals surface area (Å²) in [6.07, 6.45) is 4.43. The molecular formula is C6H10N2O. The molecule has 0 fully saturated rings. The molecule has 50 valence electrons. The quantitative estimate of drug-likeness (QED) is 0.532. The van der Waals surface area contributed by atoms with Gasteiger partial charge in [0.25, 0.3) is 0 Å². The highest BCUT2D eigenvalue weighted by atomic mass is 16.3. The molecule has 0 aromatic rings. The van der Waals surface area contributed by atoms with Gasteiger partial charge in [0.15, 0.2) is 0 Å². The van der Waals surface area contributed by atoms with E-state index in [4.69, 9.17) is 10.8 Å². The fourth-order valence-corrected chi connectivity index (χ4v) is 0.727. The lowest BCUT2D eigenvalue weighted by atomic mass is 10.1. The first-order chi connectivity index (χ1) is 4.34. The Morgan fingerprint density at radius 2 is 2.67 bits per heavy atom. The zero-order chi connectivity index (χ0) is 6.69. The van der Waals surface area contributed by atoms with Gasteiger partial charge in [-0.05, 0) is 0 Å². The molecule has 0 saturated carbocycles. The molecule has 1 aliphatic heterocycles. The van der Waals surface area contributed by atoms with Gasteiger partial charge in [0.05, 0.1) is 12.6 Å². The number of aliphatic hydroxyl groups is 1. The summed E-state index contributed by atoms with van der Waals surface area (Å²) in [5.74, 6) is 0. The van der Waals surface area contributed by atoms with Crippen LogP contribution in [0.2, 0.25) is 0 Å². The van der Waals surface area contributed by atoms with Crippen LogP contribution in [0, 0.1) is 0 Å². The van der Waals surface area contributed by atoms with E-state index in [-0.39, 0.29) is 12.6 Å². The lowest BCUT2D eigenvalue weighted by Crippen LogP contribution is -2.32. The summed E-state index contributed by atoms with van der Waals surface area (Å²) < 4.78 is 0. The molecule has 0 bridgehead atoms. The Morgan fingerprint density at radius 1 is 1.89 bits per heavy atom. The number of hydrogen-bond donors (Lipinski definition) is 2. The fourth-order valence-electron chi connectivity index (χ4n) is 0.727. The van der Waals surface area contributed by atoms with Crippen molar-refractivity contribution in [3.8, 4) is 0 Å². The van der Waals surface area contributed by atoms with Crippen molar-refractivity contribution in [3.05, 3.63) is 12.3 Å². The van der Waals surface area contributed by atoms with Crippen molar-refractivity contribution in [2.75, 3.05) is 6.61 Å². The highest BCUT2D eigenvalue weighted by Crippen LogP contribution is 2.01. The molecule has 0 radical (unpaired) electrons. The lowest BCUT2D eigenvalue weighted by molar-refractivity contribution is 0.289. The maximum Gasteiger partial charge on any atom is 0.0668 e. The van der Waals surface area contributed by atoms with Gasteiger partial charge in [0.1, 0.15) is 0 Å². The molecule has 1 aliphatic rings. The summed E-state index contributed by atoms with van der Waals surface area (Å²) in [6, 6.07) is -0.264. The molecule has 0 saturated heterocycles. The Hall–Kier alpha value is -0.670. The van der Waals surface area contributed by atoms with Crippen LogP contribution in [0.1, 0.15) is 6.42 Å². The Bertz CT molecular complexity index is 151. The summed E-state index contributed by atoms with van der Waals surface area (Å²) in [5.41, 5.74) is 6.33. The second kappa shape index (κ2) is 2.75. The molecule has 1 heterocycles. The van der Waals surface area contributed by atoms with E-state index in [1.54, 1.807) is 6.20 Å². The van der Waals surface area contributed by atoms with Gasteiger partial charge < -0.3 is 10.8 Å². The Balaban J connectivity index is 2.45. The van der Waals surface area contributed by atoms with Crippen molar-refractivity contribution < 1.29 is 5.11 Å². The molecule has 1 rings (SSSR count). The maximum absolute atomic E-state index is 8.56. The Kier molecular flexibility index (Phi) is 1.97. The number of hydrogen-bond acceptors (Lipinski definition) is 3. The zero-order valence-corrected chi connectivity index (χ0v) is 5.12. The van der Waals surface area contributed by atoms with Gasteiger partial charge in [-0.2, -0.15) is 0 Å². The second-order valence-corrected chi connectivity index (χ2v) is 2.00. The van der Waals surface area contributed by atoms with Gasteiger partial charge in [0, 0.05) is 18.3 Å². The van der Waals surface area contributed by atoms with Crippen LogP contribution in [0.15, 0.2) is 17.3 Å². The largest absolute Gasteiger partial charge is 0.394 e. The van der Waals surface area contributed by atoms with Crippen molar-refractivity contribution in [3.63, 3.8) is 0 Å². The average molecular weight is 126 g/mol. The summed E-state index contributed by atoms with van der Waals surface area (Å²) in [4.78, 5) is 3.96. The SMILES string of the molecule is NC(CO)C1=NC=CC1. The van der Waals surface area contributed by atoms with Gasteiger partial charge in [-0.25, -0.2) is 0 Å². The van der Waals surface area contributed by atoms with Crippen molar-refractivity contribution in [1.82, 2.24) is 0 Å². The van der Waals surface area contributed by atoms with Crippen LogP contribution >= 0.6 is 0 Å². The van der Waals surface area contributed by atoms with Crippen molar-refractivity contribution in [1.29, 1.82) is 0 Å². The monoisotopic (exact) mass is 126 g/mol. The number of allylic oxidation sites excluding steroid dienone is 1. The van der Waals surface area contributed by atoms with Crippen LogP contribution in [-0.2, 0) is 0 Å². The highest BCUT2D eigenvalue weighted by Gasteiger charge is 2.09. The normalized spacial score (nSPS) is 20.0. The minimum atomic E-state index is -0.264. The molecule has 0 spiro atoms. The van der Waals surface area contributed by atoms with Crippen molar-refractivity contribution in [2.45, 2.75) is 12.5 Å². The van der Waals surface area contributed by atoms with E-state index in [2.05, 4.69) is 4.99 Å². The van der Waals surface area contributed by atoms with Crippen LogP contribution in [-0.4, -0.2) is 23.5 Å². The number of nitrogens with zero attached hydrogens (tertiary/aromatic N) is 1.